The lowest BCUT2D eigenvalue weighted by atomic mass is 10.0. The van der Waals surface area contributed by atoms with Crippen LogP contribution in [0.15, 0.2) is 0 Å². The van der Waals surface area contributed by atoms with E-state index >= 15 is 0 Å². The van der Waals surface area contributed by atoms with Gasteiger partial charge in [0.25, 0.3) is 0 Å². The smallest absolute Gasteiger partial charge is 0.163 e. The van der Waals surface area contributed by atoms with Crippen LogP contribution < -0.4 is 5.73 Å². The van der Waals surface area contributed by atoms with Crippen LogP contribution in [0, 0.1) is 0 Å². The fourth-order valence-corrected chi connectivity index (χ4v) is 2.03. The Morgan fingerprint density at radius 3 is 2.53 bits per heavy atom. The molecule has 88 valence electrons. The molecule has 2 N–H and O–H groups in total. The molecule has 1 aliphatic heterocycles. The van der Waals surface area contributed by atoms with Crippen molar-refractivity contribution in [1.82, 2.24) is 0 Å². The summed E-state index contributed by atoms with van der Waals surface area (Å²) in [5.41, 5.74) is 5.51. The van der Waals surface area contributed by atoms with Gasteiger partial charge in [0.2, 0.25) is 0 Å². The van der Waals surface area contributed by atoms with E-state index in [1.807, 2.05) is 13.8 Å². The van der Waals surface area contributed by atoms with Crippen molar-refractivity contribution in [1.29, 1.82) is 0 Å². The largest absolute Gasteiger partial charge is 0.347 e. The Morgan fingerprint density at radius 2 is 2.00 bits per heavy atom. The number of ketones is 1. The van der Waals surface area contributed by atoms with Gasteiger partial charge in [0, 0.05) is 12.8 Å². The molecule has 0 aromatic rings. The topological polar surface area (TPSA) is 61.6 Å². The van der Waals surface area contributed by atoms with E-state index < -0.39 is 5.79 Å². The molecule has 1 rings (SSSR count). The molecule has 0 radical (unpaired) electrons. The molecule has 4 heteroatoms. The van der Waals surface area contributed by atoms with Crippen LogP contribution in [-0.2, 0) is 14.3 Å². The van der Waals surface area contributed by atoms with Crippen molar-refractivity contribution in [2.45, 2.75) is 58.0 Å². The first-order chi connectivity index (χ1) is 6.93. The van der Waals surface area contributed by atoms with Crippen molar-refractivity contribution >= 4 is 5.78 Å². The molecule has 0 spiro atoms. The molecule has 1 heterocycles. The van der Waals surface area contributed by atoms with Crippen LogP contribution in [0.5, 0.6) is 0 Å². The molecular weight excluding hydrogens is 194 g/mol. The van der Waals surface area contributed by atoms with Gasteiger partial charge in [-0.05, 0) is 33.7 Å². The predicted molar refractivity (Wildman–Crippen MR) is 57.4 cm³/mol. The fraction of sp³-hybridized carbons (Fsp3) is 0.909. The molecule has 2 atom stereocenters. The zero-order chi connectivity index (χ0) is 11.5. The second kappa shape index (κ2) is 5.05. The standard InChI is InChI=1S/C11H21NO3/c1-8(13)6-10-7-9(4-5-12)14-11(2,3)15-10/h9-10H,4-7,12H2,1-3H3. The third-order valence-corrected chi connectivity index (χ3v) is 2.43. The summed E-state index contributed by atoms with van der Waals surface area (Å²) in [6.07, 6.45) is 2.14. The molecule has 1 fully saturated rings. The van der Waals surface area contributed by atoms with E-state index in [0.29, 0.717) is 13.0 Å². The highest BCUT2D eigenvalue weighted by Crippen LogP contribution is 2.29. The maximum atomic E-state index is 11.0. The number of carbonyl (C=O) groups is 1. The summed E-state index contributed by atoms with van der Waals surface area (Å²) in [4.78, 5) is 11.0. The van der Waals surface area contributed by atoms with Gasteiger partial charge in [-0.15, -0.1) is 0 Å². The lowest BCUT2D eigenvalue weighted by Gasteiger charge is -2.40. The van der Waals surface area contributed by atoms with Crippen molar-refractivity contribution in [3.05, 3.63) is 0 Å². The van der Waals surface area contributed by atoms with Crippen LogP contribution >= 0.6 is 0 Å². The Morgan fingerprint density at radius 1 is 1.40 bits per heavy atom. The number of carbonyl (C=O) groups excluding carboxylic acids is 1. The minimum absolute atomic E-state index is 0.0252. The van der Waals surface area contributed by atoms with E-state index in [-0.39, 0.29) is 18.0 Å². The van der Waals surface area contributed by atoms with Gasteiger partial charge in [0.05, 0.1) is 12.2 Å². The first-order valence-electron chi connectivity index (χ1n) is 5.48. The van der Waals surface area contributed by atoms with Crippen molar-refractivity contribution in [3.8, 4) is 0 Å². The molecule has 1 aliphatic rings. The minimum atomic E-state index is -0.599. The van der Waals surface area contributed by atoms with Gasteiger partial charge in [-0.25, -0.2) is 0 Å². The summed E-state index contributed by atoms with van der Waals surface area (Å²) < 4.78 is 11.4. The minimum Gasteiger partial charge on any atom is -0.347 e. The molecule has 0 amide bonds. The first-order valence-corrected chi connectivity index (χ1v) is 5.48. The van der Waals surface area contributed by atoms with Crippen LogP contribution in [0.3, 0.4) is 0 Å². The number of hydrogen-bond acceptors (Lipinski definition) is 4. The predicted octanol–water partition coefficient (Wildman–Crippen LogP) is 1.22. The van der Waals surface area contributed by atoms with Crippen molar-refractivity contribution in [3.63, 3.8) is 0 Å². The Hall–Kier alpha value is -0.450. The van der Waals surface area contributed by atoms with E-state index in [0.717, 1.165) is 12.8 Å². The van der Waals surface area contributed by atoms with Gasteiger partial charge in [-0.1, -0.05) is 0 Å². The van der Waals surface area contributed by atoms with Crippen LogP contribution in [0.25, 0.3) is 0 Å². The van der Waals surface area contributed by atoms with Crippen LogP contribution in [0.2, 0.25) is 0 Å². The molecule has 1 saturated heterocycles. The number of nitrogens with two attached hydrogens (primary N) is 1. The second-order valence-electron chi connectivity index (χ2n) is 4.60. The van der Waals surface area contributed by atoms with Crippen LogP contribution in [-0.4, -0.2) is 30.3 Å². The molecule has 2 unspecified atom stereocenters. The van der Waals surface area contributed by atoms with Gasteiger partial charge >= 0.3 is 0 Å². The second-order valence-corrected chi connectivity index (χ2v) is 4.60. The van der Waals surface area contributed by atoms with Crippen molar-refractivity contribution in [2.24, 2.45) is 5.73 Å². The zero-order valence-electron chi connectivity index (χ0n) is 9.79. The van der Waals surface area contributed by atoms with Gasteiger partial charge in [0.1, 0.15) is 5.78 Å². The molecule has 0 saturated carbocycles. The Labute approximate surface area is 91.1 Å². The summed E-state index contributed by atoms with van der Waals surface area (Å²) in [7, 11) is 0. The monoisotopic (exact) mass is 215 g/mol. The van der Waals surface area contributed by atoms with E-state index in [9.17, 15) is 4.79 Å². The molecule has 0 aromatic carbocycles. The van der Waals surface area contributed by atoms with Gasteiger partial charge in [-0.2, -0.15) is 0 Å². The first kappa shape index (κ1) is 12.6. The quantitative estimate of drug-likeness (QED) is 0.766. The van der Waals surface area contributed by atoms with Gasteiger partial charge in [-0.3, -0.25) is 4.79 Å². The third kappa shape index (κ3) is 4.28. The Balaban J connectivity index is 2.55. The molecular formula is C11H21NO3. The molecule has 0 aromatic heterocycles. The number of rotatable bonds is 4. The van der Waals surface area contributed by atoms with Gasteiger partial charge < -0.3 is 15.2 Å². The maximum Gasteiger partial charge on any atom is 0.163 e. The number of hydrogen-bond donors (Lipinski definition) is 1. The van der Waals surface area contributed by atoms with Gasteiger partial charge in [0.15, 0.2) is 5.79 Å². The SMILES string of the molecule is CC(=O)CC1CC(CCN)OC(C)(C)O1. The summed E-state index contributed by atoms with van der Waals surface area (Å²) in [6.45, 7) is 5.95. The lowest BCUT2D eigenvalue weighted by molar-refractivity contribution is -0.299. The summed E-state index contributed by atoms with van der Waals surface area (Å²) >= 11 is 0. The van der Waals surface area contributed by atoms with Crippen LogP contribution in [0.1, 0.15) is 40.0 Å². The average Bonchev–Trinajstić information content (AvgIpc) is 1.99. The Bertz CT molecular complexity index is 228. The highest BCUT2D eigenvalue weighted by molar-refractivity contribution is 5.75. The molecule has 0 aliphatic carbocycles. The molecule has 4 nitrogen and oxygen atoms in total. The van der Waals surface area contributed by atoms with E-state index in [1.54, 1.807) is 6.92 Å². The highest BCUT2D eigenvalue weighted by atomic mass is 16.7. The van der Waals surface area contributed by atoms with Crippen molar-refractivity contribution < 1.29 is 14.3 Å². The highest BCUT2D eigenvalue weighted by Gasteiger charge is 2.35. The average molecular weight is 215 g/mol. The van der Waals surface area contributed by atoms with E-state index in [4.69, 9.17) is 15.2 Å². The molecule has 15 heavy (non-hydrogen) atoms. The number of ether oxygens (including phenoxy) is 2. The zero-order valence-corrected chi connectivity index (χ0v) is 9.79. The van der Waals surface area contributed by atoms with Crippen molar-refractivity contribution in [2.75, 3.05) is 6.54 Å². The normalized spacial score (nSPS) is 30.1. The van der Waals surface area contributed by atoms with E-state index in [2.05, 4.69) is 0 Å². The molecule has 0 bridgehead atoms. The summed E-state index contributed by atoms with van der Waals surface area (Å²) in [5.74, 6) is -0.442. The maximum absolute atomic E-state index is 11.0. The summed E-state index contributed by atoms with van der Waals surface area (Å²) in [6, 6.07) is 0. The summed E-state index contributed by atoms with van der Waals surface area (Å²) in [5, 5.41) is 0. The number of Topliss-reactive ketones (excluding diaryl/α,β-unsaturated/α-hetero) is 1. The van der Waals surface area contributed by atoms with E-state index in [1.165, 1.54) is 0 Å². The Kier molecular flexibility index (Phi) is 4.25. The fourth-order valence-electron chi connectivity index (χ4n) is 2.03. The van der Waals surface area contributed by atoms with Crippen LogP contribution in [0.4, 0.5) is 0 Å². The lowest BCUT2D eigenvalue weighted by Crippen LogP contribution is -2.45. The third-order valence-electron chi connectivity index (χ3n) is 2.43.